The third kappa shape index (κ3) is 22.7. The molecule has 8 nitrogen and oxygen atoms in total. The largest absolute Gasteiger partial charge is 0.472 e. The van der Waals surface area contributed by atoms with E-state index in [-0.39, 0.29) is 37.4 Å². The Morgan fingerprint density at radius 2 is 1.00 bits per heavy atom. The molecule has 0 saturated carbocycles. The first-order valence-electron chi connectivity index (χ1n) is 13.0. The van der Waals surface area contributed by atoms with Gasteiger partial charge in [-0.3, -0.25) is 9.05 Å². The molecule has 1 N–H and O–H groups in total. The van der Waals surface area contributed by atoms with Crippen LogP contribution in [0.2, 0.25) is 0 Å². The minimum atomic E-state index is -3.97. The van der Waals surface area contributed by atoms with Crippen LogP contribution in [-0.4, -0.2) is 42.3 Å². The lowest BCUT2D eigenvalue weighted by atomic mass is 10.1. The molecule has 0 aliphatic carbocycles. The second kappa shape index (κ2) is 21.8. The Balaban J connectivity index is 3.51. The van der Waals surface area contributed by atoms with E-state index in [2.05, 4.69) is 13.2 Å². The molecule has 0 fully saturated rings. The fraction of sp³-hybridized carbons (Fsp3) is 0.769. The summed E-state index contributed by atoms with van der Waals surface area (Å²) in [5.74, 6) is -0.766. The first-order valence-corrected chi connectivity index (χ1v) is 14.5. The Hall–Kier alpha value is -1.47. The van der Waals surface area contributed by atoms with Crippen molar-refractivity contribution in [3.63, 3.8) is 0 Å². The Bertz CT molecular complexity index is 587. The van der Waals surface area contributed by atoms with Crippen molar-refractivity contribution in [2.24, 2.45) is 0 Å². The summed E-state index contributed by atoms with van der Waals surface area (Å²) < 4.78 is 32.2. The fourth-order valence-electron chi connectivity index (χ4n) is 3.49. The molecule has 35 heavy (non-hydrogen) atoms. The summed E-state index contributed by atoms with van der Waals surface area (Å²) >= 11 is 0. The molecule has 204 valence electrons. The molecule has 0 bridgehead atoms. The monoisotopic (exact) mass is 518 g/mol. The highest BCUT2D eigenvalue weighted by Gasteiger charge is 2.20. The Morgan fingerprint density at radius 1 is 0.686 bits per heavy atom. The van der Waals surface area contributed by atoms with Crippen LogP contribution in [0.3, 0.4) is 0 Å². The molecule has 0 aromatic rings. The van der Waals surface area contributed by atoms with Crippen LogP contribution in [0.25, 0.3) is 0 Å². The van der Waals surface area contributed by atoms with Crippen LogP contribution in [-0.2, 0) is 32.7 Å². The van der Waals surface area contributed by atoms with Crippen molar-refractivity contribution in [3.8, 4) is 0 Å². The molecule has 2 unspecified atom stereocenters. The molecule has 0 aromatic heterocycles. The van der Waals surface area contributed by atoms with Crippen molar-refractivity contribution in [2.75, 3.05) is 13.2 Å². The Kier molecular flexibility index (Phi) is 20.9. The molecule has 0 aliphatic rings. The highest BCUT2D eigenvalue weighted by Crippen LogP contribution is 2.43. The van der Waals surface area contributed by atoms with Crippen LogP contribution in [0.15, 0.2) is 25.3 Å². The van der Waals surface area contributed by atoms with E-state index >= 15 is 0 Å². The van der Waals surface area contributed by atoms with Crippen LogP contribution in [0.4, 0.5) is 0 Å². The number of phosphoric acid groups is 1. The van der Waals surface area contributed by atoms with Gasteiger partial charge in [0, 0.05) is 12.2 Å². The molecule has 0 aromatic carbocycles. The van der Waals surface area contributed by atoms with Gasteiger partial charge in [0.2, 0.25) is 0 Å². The molecular weight excluding hydrogens is 471 g/mol. The van der Waals surface area contributed by atoms with Crippen LogP contribution >= 0.6 is 7.82 Å². The van der Waals surface area contributed by atoms with Crippen LogP contribution in [0.1, 0.15) is 104 Å². The topological polar surface area (TPSA) is 108 Å². The molecule has 0 amide bonds. The normalized spacial score (nSPS) is 14.5. The van der Waals surface area contributed by atoms with Crippen LogP contribution in [0, 0.1) is 0 Å². The van der Waals surface area contributed by atoms with Gasteiger partial charge in [-0.2, -0.15) is 0 Å². The molecular formula is C26H47O8P. The van der Waals surface area contributed by atoms with E-state index in [1.807, 2.05) is 13.8 Å². The quantitative estimate of drug-likeness (QED) is 0.0642. The van der Waals surface area contributed by atoms with Crippen molar-refractivity contribution >= 4 is 19.8 Å². The lowest BCUT2D eigenvalue weighted by molar-refractivity contribution is -0.143. The van der Waals surface area contributed by atoms with Crippen molar-refractivity contribution in [1.82, 2.24) is 0 Å². The molecule has 0 rings (SSSR count). The van der Waals surface area contributed by atoms with Crippen molar-refractivity contribution in [1.29, 1.82) is 0 Å². The van der Waals surface area contributed by atoms with Gasteiger partial charge in [-0.05, 0) is 52.4 Å². The van der Waals surface area contributed by atoms with E-state index < -0.39 is 7.82 Å². The summed E-state index contributed by atoms with van der Waals surface area (Å²) in [5, 5.41) is 0. The van der Waals surface area contributed by atoms with Gasteiger partial charge in [0.05, 0.1) is 25.4 Å². The van der Waals surface area contributed by atoms with Crippen molar-refractivity contribution < 1.29 is 37.6 Å². The number of rotatable bonds is 24. The Labute approximate surface area is 212 Å². The maximum Gasteiger partial charge on any atom is 0.472 e. The first-order chi connectivity index (χ1) is 16.7. The van der Waals surface area contributed by atoms with E-state index in [9.17, 15) is 19.0 Å². The number of hydrogen-bond acceptors (Lipinski definition) is 7. The lowest BCUT2D eigenvalue weighted by Crippen LogP contribution is -2.12. The number of ether oxygens (including phenoxy) is 2. The number of carbonyl (C=O) groups is 2. The summed E-state index contributed by atoms with van der Waals surface area (Å²) in [6.07, 6.45) is 15.4. The van der Waals surface area contributed by atoms with Gasteiger partial charge >= 0.3 is 19.8 Å². The standard InChI is InChI=1S/C26H47O8P/c1-5-25(27)33-23(3)19-15-11-7-9-13-17-21-31-35(29,30)32-22-18-14-10-8-12-16-20-24(4)34-26(28)6-2/h5-6,23-24H,1-2,7-22H2,3-4H3,(H,29,30). The molecule has 0 aliphatic heterocycles. The molecule has 9 heteroatoms. The highest BCUT2D eigenvalue weighted by molar-refractivity contribution is 7.47. The zero-order valence-corrected chi connectivity index (χ0v) is 22.7. The third-order valence-electron chi connectivity index (χ3n) is 5.49. The second-order valence-electron chi connectivity index (χ2n) is 8.86. The summed E-state index contributed by atoms with van der Waals surface area (Å²) in [7, 11) is -3.97. The molecule has 0 heterocycles. The second-order valence-corrected chi connectivity index (χ2v) is 10.3. The number of esters is 2. The molecule has 0 saturated heterocycles. The van der Waals surface area contributed by atoms with Gasteiger partial charge in [0.25, 0.3) is 0 Å². The molecule has 2 atom stereocenters. The Morgan fingerprint density at radius 3 is 1.34 bits per heavy atom. The number of phosphoric ester groups is 1. The van der Waals surface area contributed by atoms with E-state index in [1.165, 1.54) is 12.2 Å². The van der Waals surface area contributed by atoms with Crippen LogP contribution in [0.5, 0.6) is 0 Å². The SMILES string of the molecule is C=CC(=O)OC(C)CCCCCCCCOP(=O)(O)OCCCCCCCCC(C)OC(=O)C=C. The average molecular weight is 519 g/mol. The third-order valence-corrected chi connectivity index (χ3v) is 6.50. The summed E-state index contributed by atoms with van der Waals surface area (Å²) in [6.45, 7) is 10.9. The van der Waals surface area contributed by atoms with Gasteiger partial charge < -0.3 is 14.4 Å². The smallest absolute Gasteiger partial charge is 0.460 e. The number of unbranched alkanes of at least 4 members (excludes halogenated alkanes) is 10. The molecule has 0 spiro atoms. The summed E-state index contributed by atoms with van der Waals surface area (Å²) in [6, 6.07) is 0. The predicted molar refractivity (Wildman–Crippen MR) is 138 cm³/mol. The zero-order chi connectivity index (χ0) is 26.4. The van der Waals surface area contributed by atoms with Gasteiger partial charge in [-0.1, -0.05) is 64.5 Å². The van der Waals surface area contributed by atoms with E-state index in [4.69, 9.17) is 18.5 Å². The maximum atomic E-state index is 11.9. The predicted octanol–water partition coefficient (Wildman–Crippen LogP) is 6.82. The zero-order valence-electron chi connectivity index (χ0n) is 21.8. The van der Waals surface area contributed by atoms with E-state index in [0.29, 0.717) is 12.8 Å². The van der Waals surface area contributed by atoms with E-state index in [0.717, 1.165) is 77.0 Å². The van der Waals surface area contributed by atoms with Crippen molar-refractivity contribution in [2.45, 2.75) is 116 Å². The summed E-state index contributed by atoms with van der Waals surface area (Å²) in [4.78, 5) is 31.9. The minimum Gasteiger partial charge on any atom is -0.460 e. The maximum absolute atomic E-state index is 11.9. The summed E-state index contributed by atoms with van der Waals surface area (Å²) in [5.41, 5.74) is 0. The van der Waals surface area contributed by atoms with Gasteiger partial charge in [-0.15, -0.1) is 0 Å². The molecule has 0 radical (unpaired) electrons. The minimum absolute atomic E-state index is 0.0940. The fourth-order valence-corrected chi connectivity index (χ4v) is 4.28. The van der Waals surface area contributed by atoms with Crippen LogP contribution < -0.4 is 0 Å². The lowest BCUT2D eigenvalue weighted by Gasteiger charge is -2.12. The first kappa shape index (κ1) is 33.5. The number of hydrogen-bond donors (Lipinski definition) is 1. The van der Waals surface area contributed by atoms with E-state index in [1.54, 1.807) is 0 Å². The van der Waals surface area contributed by atoms with Crippen molar-refractivity contribution in [3.05, 3.63) is 25.3 Å². The number of carbonyl (C=O) groups excluding carboxylic acids is 2. The van der Waals surface area contributed by atoms with Gasteiger partial charge in [-0.25, -0.2) is 14.2 Å². The van der Waals surface area contributed by atoms with Gasteiger partial charge in [0.1, 0.15) is 0 Å². The average Bonchev–Trinajstić information content (AvgIpc) is 2.81. The highest BCUT2D eigenvalue weighted by atomic mass is 31.2. The van der Waals surface area contributed by atoms with Gasteiger partial charge in [0.15, 0.2) is 0 Å².